The van der Waals surface area contributed by atoms with Crippen LogP contribution in [0.3, 0.4) is 0 Å². The number of nitrogens with one attached hydrogen (secondary N) is 1. The van der Waals surface area contributed by atoms with Crippen molar-refractivity contribution < 1.29 is 19.7 Å². The molecule has 9 nitrogen and oxygen atoms in total. The van der Waals surface area contributed by atoms with Gasteiger partial charge in [0.05, 0.1) is 12.0 Å². The third-order valence-electron chi connectivity index (χ3n) is 4.09. The molecular weight excluding hydrogens is 304 g/mol. The van der Waals surface area contributed by atoms with Gasteiger partial charge in [-0.3, -0.25) is 9.78 Å². The average molecular weight is 324 g/mol. The van der Waals surface area contributed by atoms with Gasteiger partial charge in [-0.1, -0.05) is 0 Å². The molecular formula is C14H20N4O5. The molecule has 1 aliphatic heterocycles. The van der Waals surface area contributed by atoms with E-state index in [4.69, 9.17) is 15.2 Å². The Hall–Kier alpha value is -1.94. The van der Waals surface area contributed by atoms with E-state index in [0.29, 0.717) is 12.0 Å². The first kappa shape index (κ1) is 15.9. The highest BCUT2D eigenvalue weighted by molar-refractivity contribution is 5.76. The maximum absolute atomic E-state index is 11.9. The highest BCUT2D eigenvalue weighted by Gasteiger charge is 2.53. The summed E-state index contributed by atoms with van der Waals surface area (Å²) in [5, 5.41) is 21.3. The first-order chi connectivity index (χ1) is 10.9. The fourth-order valence-corrected chi connectivity index (χ4v) is 2.86. The smallest absolute Gasteiger partial charge is 0.261 e. The number of aromatic amines is 1. The highest BCUT2D eigenvalue weighted by atomic mass is 16.6. The predicted molar refractivity (Wildman–Crippen MR) is 81.8 cm³/mol. The third kappa shape index (κ3) is 2.51. The van der Waals surface area contributed by atoms with Crippen LogP contribution in [-0.4, -0.2) is 55.8 Å². The second-order valence-electron chi connectivity index (χ2n) is 5.77. The van der Waals surface area contributed by atoms with Crippen molar-refractivity contribution >= 4 is 17.0 Å². The number of nitrogen functional groups attached to an aromatic ring is 1. The van der Waals surface area contributed by atoms with Gasteiger partial charge in [-0.05, 0) is 19.9 Å². The van der Waals surface area contributed by atoms with Crippen LogP contribution in [-0.2, 0) is 9.47 Å². The fraction of sp³-hybridized carbons (Fsp3) is 0.571. The third-order valence-corrected chi connectivity index (χ3v) is 4.09. The number of rotatable bonds is 4. The van der Waals surface area contributed by atoms with Crippen molar-refractivity contribution in [2.75, 3.05) is 18.9 Å². The Bertz CT molecular complexity index is 768. The molecule has 0 bridgehead atoms. The number of nitrogens with zero attached hydrogens (tertiary/aromatic N) is 2. The zero-order chi connectivity index (χ0) is 16.8. The average Bonchev–Trinajstić information content (AvgIpc) is 2.98. The normalized spacial score (nSPS) is 31.0. The van der Waals surface area contributed by atoms with Gasteiger partial charge in [0, 0.05) is 12.8 Å². The largest absolute Gasteiger partial charge is 0.387 e. The molecule has 0 saturated carbocycles. The number of fused-ring (bicyclic) bond motifs is 1. The summed E-state index contributed by atoms with van der Waals surface area (Å²) in [5.74, 6) is -0.0356. The molecule has 0 radical (unpaired) electrons. The highest BCUT2D eigenvalue weighted by Crippen LogP contribution is 2.39. The van der Waals surface area contributed by atoms with Crippen molar-refractivity contribution in [2.24, 2.45) is 0 Å². The second-order valence-corrected chi connectivity index (χ2v) is 5.77. The SMILES string of the molecule is CCOC[C@H]1O[C@@H](n2ccc3c(=O)[nH]c(N)nc32)[C@](C)(O)[C@@H]1O. The van der Waals surface area contributed by atoms with Crippen molar-refractivity contribution in [1.29, 1.82) is 0 Å². The number of aliphatic hydroxyl groups is 2. The van der Waals surface area contributed by atoms with Crippen LogP contribution in [0.4, 0.5) is 5.95 Å². The molecule has 2 aromatic rings. The van der Waals surface area contributed by atoms with Crippen LogP contribution in [0, 0.1) is 0 Å². The van der Waals surface area contributed by atoms with E-state index in [-0.39, 0.29) is 23.8 Å². The fourth-order valence-electron chi connectivity index (χ4n) is 2.86. The van der Waals surface area contributed by atoms with E-state index in [9.17, 15) is 15.0 Å². The number of hydrogen-bond acceptors (Lipinski definition) is 7. The minimum absolute atomic E-state index is 0.0356. The lowest BCUT2D eigenvalue weighted by molar-refractivity contribution is -0.0959. The molecule has 3 rings (SSSR count). The van der Waals surface area contributed by atoms with Crippen LogP contribution in [0.2, 0.25) is 0 Å². The lowest BCUT2D eigenvalue weighted by Crippen LogP contribution is -2.44. The van der Waals surface area contributed by atoms with E-state index in [2.05, 4.69) is 9.97 Å². The maximum atomic E-state index is 11.9. The molecule has 4 atom stereocenters. The Morgan fingerprint density at radius 2 is 2.35 bits per heavy atom. The van der Waals surface area contributed by atoms with Gasteiger partial charge in [0.1, 0.15) is 17.8 Å². The lowest BCUT2D eigenvalue weighted by Gasteiger charge is -2.27. The van der Waals surface area contributed by atoms with E-state index in [1.807, 2.05) is 6.92 Å². The minimum Gasteiger partial charge on any atom is -0.387 e. The summed E-state index contributed by atoms with van der Waals surface area (Å²) in [5.41, 5.74) is 3.91. The second kappa shape index (κ2) is 5.60. The Morgan fingerprint density at radius 3 is 3.04 bits per heavy atom. The van der Waals surface area contributed by atoms with Crippen molar-refractivity contribution in [3.63, 3.8) is 0 Å². The van der Waals surface area contributed by atoms with Crippen LogP contribution in [0.5, 0.6) is 0 Å². The summed E-state index contributed by atoms with van der Waals surface area (Å²) in [7, 11) is 0. The quantitative estimate of drug-likeness (QED) is 0.587. The van der Waals surface area contributed by atoms with Gasteiger partial charge in [0.25, 0.3) is 5.56 Å². The molecule has 23 heavy (non-hydrogen) atoms. The number of aromatic nitrogens is 3. The molecule has 0 amide bonds. The molecule has 5 N–H and O–H groups in total. The van der Waals surface area contributed by atoms with Gasteiger partial charge in [-0.25, -0.2) is 0 Å². The molecule has 0 aromatic carbocycles. The molecule has 1 fully saturated rings. The first-order valence-corrected chi connectivity index (χ1v) is 7.36. The summed E-state index contributed by atoms with van der Waals surface area (Å²) >= 11 is 0. The van der Waals surface area contributed by atoms with Gasteiger partial charge in [0.15, 0.2) is 11.9 Å². The first-order valence-electron chi connectivity index (χ1n) is 7.36. The predicted octanol–water partition coefficient (Wildman–Crippen LogP) is -0.647. The summed E-state index contributed by atoms with van der Waals surface area (Å²) in [6, 6.07) is 1.56. The molecule has 1 saturated heterocycles. The topological polar surface area (TPSA) is 136 Å². The molecule has 9 heteroatoms. The van der Waals surface area contributed by atoms with Crippen LogP contribution in [0.15, 0.2) is 17.1 Å². The van der Waals surface area contributed by atoms with E-state index in [0.717, 1.165) is 0 Å². The molecule has 0 aliphatic carbocycles. The van der Waals surface area contributed by atoms with Gasteiger partial charge in [0.2, 0.25) is 5.95 Å². The molecule has 0 spiro atoms. The number of ether oxygens (including phenoxy) is 2. The zero-order valence-electron chi connectivity index (χ0n) is 12.9. The minimum atomic E-state index is -1.58. The van der Waals surface area contributed by atoms with Crippen LogP contribution < -0.4 is 11.3 Å². The van der Waals surface area contributed by atoms with Gasteiger partial charge >= 0.3 is 0 Å². The number of nitrogens with two attached hydrogens (primary N) is 1. The van der Waals surface area contributed by atoms with Crippen LogP contribution in [0.25, 0.3) is 11.0 Å². The molecule has 126 valence electrons. The Balaban J connectivity index is 2.03. The summed E-state index contributed by atoms with van der Waals surface area (Å²) in [4.78, 5) is 18.4. The standard InChI is InChI=1S/C14H20N4O5/c1-3-22-6-8-9(19)14(2,21)12(23-8)18-5-4-7-10(18)16-13(15)17-11(7)20/h4-5,8-9,12,19,21H,3,6H2,1-2H3,(H3,15,16,17,20)/t8-,9-,12-,14-/m1/s1. The van der Waals surface area contributed by atoms with E-state index in [1.165, 1.54) is 11.5 Å². The van der Waals surface area contributed by atoms with Crippen molar-refractivity contribution in [1.82, 2.24) is 14.5 Å². The lowest BCUT2D eigenvalue weighted by atomic mass is 9.96. The zero-order valence-corrected chi connectivity index (χ0v) is 12.9. The molecule has 1 aliphatic rings. The summed E-state index contributed by atoms with van der Waals surface area (Å²) in [6.45, 7) is 3.92. The number of aliphatic hydroxyl groups excluding tert-OH is 1. The Kier molecular flexibility index (Phi) is 3.88. The monoisotopic (exact) mass is 324 g/mol. The number of H-pyrrole nitrogens is 1. The van der Waals surface area contributed by atoms with Crippen LogP contribution >= 0.6 is 0 Å². The van der Waals surface area contributed by atoms with Crippen molar-refractivity contribution in [2.45, 2.75) is 37.9 Å². The van der Waals surface area contributed by atoms with E-state index >= 15 is 0 Å². The Morgan fingerprint density at radius 1 is 1.61 bits per heavy atom. The Labute approximate surface area is 131 Å². The molecule has 2 aromatic heterocycles. The molecule has 0 unspecified atom stereocenters. The van der Waals surface area contributed by atoms with Crippen molar-refractivity contribution in [3.05, 3.63) is 22.6 Å². The van der Waals surface area contributed by atoms with Gasteiger partial charge in [-0.15, -0.1) is 0 Å². The van der Waals surface area contributed by atoms with Crippen molar-refractivity contribution in [3.8, 4) is 0 Å². The number of hydrogen-bond donors (Lipinski definition) is 4. The number of anilines is 1. The van der Waals surface area contributed by atoms with E-state index in [1.54, 1.807) is 12.3 Å². The van der Waals surface area contributed by atoms with E-state index < -0.39 is 24.0 Å². The maximum Gasteiger partial charge on any atom is 0.261 e. The molecule has 3 heterocycles. The summed E-state index contributed by atoms with van der Waals surface area (Å²) in [6.07, 6.45) is -1.18. The summed E-state index contributed by atoms with van der Waals surface area (Å²) < 4.78 is 12.5. The van der Waals surface area contributed by atoms with Crippen LogP contribution in [0.1, 0.15) is 20.1 Å². The van der Waals surface area contributed by atoms with Gasteiger partial charge < -0.3 is 30.0 Å². The van der Waals surface area contributed by atoms with Gasteiger partial charge in [-0.2, -0.15) is 4.98 Å².